The van der Waals surface area contributed by atoms with Crippen molar-refractivity contribution in [1.29, 1.82) is 0 Å². The molecule has 3 aromatic rings. The van der Waals surface area contributed by atoms with E-state index in [2.05, 4.69) is 20.6 Å². The first kappa shape index (κ1) is 22.9. The summed E-state index contributed by atoms with van der Waals surface area (Å²) in [5, 5.41) is 5.46. The van der Waals surface area contributed by atoms with E-state index in [9.17, 15) is 9.59 Å². The van der Waals surface area contributed by atoms with Crippen LogP contribution in [0, 0.1) is 0 Å². The fourth-order valence-electron chi connectivity index (χ4n) is 2.98. The van der Waals surface area contributed by atoms with Gasteiger partial charge in [-0.1, -0.05) is 81.4 Å². The van der Waals surface area contributed by atoms with Crippen LogP contribution in [0.4, 0.5) is 10.5 Å². The van der Waals surface area contributed by atoms with Gasteiger partial charge in [-0.2, -0.15) is 0 Å². The van der Waals surface area contributed by atoms with Crippen molar-refractivity contribution in [3.8, 4) is 0 Å². The third-order valence-electron chi connectivity index (χ3n) is 4.69. The van der Waals surface area contributed by atoms with Gasteiger partial charge in [0, 0.05) is 11.8 Å². The van der Waals surface area contributed by atoms with E-state index in [1.165, 1.54) is 0 Å². The zero-order chi connectivity index (χ0) is 23.0. The van der Waals surface area contributed by atoms with Crippen LogP contribution in [0.2, 0.25) is 0 Å². The van der Waals surface area contributed by atoms with Crippen molar-refractivity contribution in [1.82, 2.24) is 15.3 Å². The standard InChI is InChI=1S/C25H28N4O3/c1-25(2,3)23-26-15-20(16-27-23)28-22(30)21(14-18-10-6-4-7-11-18)29-24(31)32-17-19-12-8-5-9-13-19/h4-13,15-16,21H,14,17H2,1-3H3,(H,28,30)(H,29,31). The summed E-state index contributed by atoms with van der Waals surface area (Å²) in [6, 6.07) is 18.0. The molecule has 0 saturated carbocycles. The molecule has 0 radical (unpaired) electrons. The molecule has 0 bridgehead atoms. The lowest BCUT2D eigenvalue weighted by Crippen LogP contribution is -2.45. The maximum absolute atomic E-state index is 13.0. The molecule has 0 saturated heterocycles. The lowest BCUT2D eigenvalue weighted by atomic mass is 9.96. The molecular formula is C25H28N4O3. The van der Waals surface area contributed by atoms with Gasteiger partial charge >= 0.3 is 6.09 Å². The minimum Gasteiger partial charge on any atom is -0.445 e. The zero-order valence-electron chi connectivity index (χ0n) is 18.5. The van der Waals surface area contributed by atoms with Gasteiger partial charge in [0.05, 0.1) is 18.1 Å². The molecule has 0 aliphatic carbocycles. The molecule has 1 heterocycles. The van der Waals surface area contributed by atoms with Crippen LogP contribution < -0.4 is 10.6 Å². The van der Waals surface area contributed by atoms with Gasteiger partial charge < -0.3 is 15.4 Å². The number of benzene rings is 2. The van der Waals surface area contributed by atoms with Crippen molar-refractivity contribution < 1.29 is 14.3 Å². The number of hydrogen-bond donors (Lipinski definition) is 2. The Balaban J connectivity index is 1.67. The van der Waals surface area contributed by atoms with Crippen LogP contribution in [-0.2, 0) is 28.0 Å². The second-order valence-corrected chi connectivity index (χ2v) is 8.48. The number of hydrogen-bond acceptors (Lipinski definition) is 5. The summed E-state index contributed by atoms with van der Waals surface area (Å²) in [6.45, 7) is 6.17. The number of alkyl carbamates (subject to hydrolysis) is 1. The summed E-state index contributed by atoms with van der Waals surface area (Å²) in [6.07, 6.45) is 2.79. The molecule has 0 aliphatic heterocycles. The summed E-state index contributed by atoms with van der Waals surface area (Å²) < 4.78 is 5.30. The fourth-order valence-corrected chi connectivity index (χ4v) is 2.98. The van der Waals surface area contributed by atoms with Gasteiger partial charge in [-0.05, 0) is 11.1 Å². The highest BCUT2D eigenvalue weighted by Crippen LogP contribution is 2.18. The summed E-state index contributed by atoms with van der Waals surface area (Å²) in [5.41, 5.74) is 2.04. The maximum atomic E-state index is 13.0. The normalized spacial score (nSPS) is 12.0. The van der Waals surface area contributed by atoms with Crippen molar-refractivity contribution in [2.75, 3.05) is 5.32 Å². The highest BCUT2D eigenvalue weighted by molar-refractivity contribution is 5.96. The van der Waals surface area contributed by atoms with E-state index in [0.717, 1.165) is 11.1 Å². The van der Waals surface area contributed by atoms with Crippen molar-refractivity contribution in [2.24, 2.45) is 0 Å². The second kappa shape index (κ2) is 10.5. The highest BCUT2D eigenvalue weighted by Gasteiger charge is 2.23. The van der Waals surface area contributed by atoms with Crippen molar-refractivity contribution >= 4 is 17.7 Å². The van der Waals surface area contributed by atoms with E-state index in [1.807, 2.05) is 81.4 Å². The van der Waals surface area contributed by atoms with Gasteiger partial charge in [-0.25, -0.2) is 14.8 Å². The second-order valence-electron chi connectivity index (χ2n) is 8.48. The molecule has 3 rings (SSSR count). The first-order valence-corrected chi connectivity index (χ1v) is 10.5. The Morgan fingerprint density at radius 3 is 2.03 bits per heavy atom. The smallest absolute Gasteiger partial charge is 0.408 e. The molecule has 1 atom stereocenters. The molecule has 7 heteroatoms. The number of rotatable bonds is 7. The van der Waals surface area contributed by atoms with E-state index in [4.69, 9.17) is 4.74 Å². The van der Waals surface area contributed by atoms with E-state index in [0.29, 0.717) is 17.9 Å². The molecule has 2 N–H and O–H groups in total. The topological polar surface area (TPSA) is 93.2 Å². The zero-order valence-corrected chi connectivity index (χ0v) is 18.5. The molecule has 7 nitrogen and oxygen atoms in total. The third kappa shape index (κ3) is 6.91. The summed E-state index contributed by atoms with van der Waals surface area (Å²) in [7, 11) is 0. The average molecular weight is 433 g/mol. The Bertz CT molecular complexity index is 1020. The van der Waals surface area contributed by atoms with Gasteiger partial charge in [0.2, 0.25) is 5.91 Å². The molecule has 1 unspecified atom stereocenters. The minimum absolute atomic E-state index is 0.119. The summed E-state index contributed by atoms with van der Waals surface area (Å²) in [4.78, 5) is 34.0. The van der Waals surface area contributed by atoms with Crippen LogP contribution in [-0.4, -0.2) is 28.0 Å². The number of carbonyl (C=O) groups is 2. The van der Waals surface area contributed by atoms with E-state index < -0.39 is 12.1 Å². The van der Waals surface area contributed by atoms with E-state index >= 15 is 0 Å². The Hall–Kier alpha value is -3.74. The molecule has 0 aliphatic rings. The van der Waals surface area contributed by atoms with Crippen LogP contribution in [0.1, 0.15) is 37.7 Å². The lowest BCUT2D eigenvalue weighted by molar-refractivity contribution is -0.118. The molecule has 2 aromatic carbocycles. The van der Waals surface area contributed by atoms with Gasteiger partial charge in [-0.15, -0.1) is 0 Å². The number of nitrogens with one attached hydrogen (secondary N) is 2. The molecule has 1 aromatic heterocycles. The van der Waals surface area contributed by atoms with Gasteiger partial charge in [-0.3, -0.25) is 4.79 Å². The van der Waals surface area contributed by atoms with Crippen LogP contribution in [0.15, 0.2) is 73.1 Å². The molecule has 0 spiro atoms. The maximum Gasteiger partial charge on any atom is 0.408 e. The molecular weight excluding hydrogens is 404 g/mol. The molecule has 32 heavy (non-hydrogen) atoms. The first-order valence-electron chi connectivity index (χ1n) is 10.5. The first-order chi connectivity index (χ1) is 15.3. The quantitative estimate of drug-likeness (QED) is 0.582. The summed E-state index contributed by atoms with van der Waals surface area (Å²) in [5.74, 6) is 0.302. The molecule has 0 fully saturated rings. The number of carbonyl (C=O) groups excluding carboxylic acids is 2. The number of amides is 2. The predicted molar refractivity (Wildman–Crippen MR) is 123 cm³/mol. The number of nitrogens with zero attached hydrogens (tertiary/aromatic N) is 2. The molecule has 2 amide bonds. The van der Waals surface area contributed by atoms with Gasteiger partial charge in [0.25, 0.3) is 0 Å². The van der Waals surface area contributed by atoms with Gasteiger partial charge in [0.1, 0.15) is 18.5 Å². The van der Waals surface area contributed by atoms with E-state index in [1.54, 1.807) is 12.4 Å². The number of anilines is 1. The largest absolute Gasteiger partial charge is 0.445 e. The fraction of sp³-hybridized carbons (Fsp3) is 0.280. The van der Waals surface area contributed by atoms with Crippen LogP contribution in [0.25, 0.3) is 0 Å². The minimum atomic E-state index is -0.831. The predicted octanol–water partition coefficient (Wildman–Crippen LogP) is 4.25. The van der Waals surface area contributed by atoms with Crippen LogP contribution >= 0.6 is 0 Å². The van der Waals surface area contributed by atoms with E-state index in [-0.39, 0.29) is 17.9 Å². The Morgan fingerprint density at radius 1 is 0.906 bits per heavy atom. The third-order valence-corrected chi connectivity index (χ3v) is 4.69. The Morgan fingerprint density at radius 2 is 1.47 bits per heavy atom. The van der Waals surface area contributed by atoms with Crippen molar-refractivity contribution in [2.45, 2.75) is 45.3 Å². The Kier molecular flexibility index (Phi) is 7.54. The van der Waals surface area contributed by atoms with Crippen LogP contribution in [0.5, 0.6) is 0 Å². The molecule has 166 valence electrons. The van der Waals surface area contributed by atoms with Crippen LogP contribution in [0.3, 0.4) is 0 Å². The SMILES string of the molecule is CC(C)(C)c1ncc(NC(=O)C(Cc2ccccc2)NC(=O)OCc2ccccc2)cn1. The Labute approximate surface area is 188 Å². The van der Waals surface area contributed by atoms with Crippen molar-refractivity contribution in [3.05, 3.63) is 90.0 Å². The number of ether oxygens (including phenoxy) is 1. The van der Waals surface area contributed by atoms with Crippen molar-refractivity contribution in [3.63, 3.8) is 0 Å². The summed E-state index contributed by atoms with van der Waals surface area (Å²) >= 11 is 0. The lowest BCUT2D eigenvalue weighted by Gasteiger charge is -2.19. The highest BCUT2D eigenvalue weighted by atomic mass is 16.5. The van der Waals surface area contributed by atoms with Gasteiger partial charge in [0.15, 0.2) is 0 Å². The number of aromatic nitrogens is 2. The monoisotopic (exact) mass is 432 g/mol. The average Bonchev–Trinajstić information content (AvgIpc) is 2.78.